The van der Waals surface area contributed by atoms with Gasteiger partial charge in [-0.05, 0) is 81.6 Å². The first-order valence-electron chi connectivity index (χ1n) is 19.2. The van der Waals surface area contributed by atoms with Gasteiger partial charge in [0.15, 0.2) is 0 Å². The second-order valence-corrected chi connectivity index (χ2v) is 15.6. The van der Waals surface area contributed by atoms with Gasteiger partial charge in [-0.3, -0.25) is 0 Å². The molecule has 55 heavy (non-hydrogen) atoms. The second-order valence-electron chi connectivity index (χ2n) is 15.6. The molecule has 0 fully saturated rings. The number of nitrogens with one attached hydrogen (secondary N) is 1. The third-order valence-corrected chi connectivity index (χ3v) is 12.3. The number of benzene rings is 8. The van der Waals surface area contributed by atoms with Crippen LogP contribution < -0.4 is 5.32 Å². The third kappa shape index (κ3) is 4.19. The highest BCUT2D eigenvalue weighted by atomic mass is 15.3. The number of nitrogens with zero attached hydrogens (tertiary/aromatic N) is 3. The average molecular weight is 705 g/mol. The van der Waals surface area contributed by atoms with E-state index in [1.807, 2.05) is 0 Å². The van der Waals surface area contributed by atoms with Crippen LogP contribution in [-0.2, 0) is 5.41 Å². The molecule has 0 saturated heterocycles. The van der Waals surface area contributed by atoms with Crippen molar-refractivity contribution in [1.29, 1.82) is 0 Å². The summed E-state index contributed by atoms with van der Waals surface area (Å²) in [7, 11) is 0. The van der Waals surface area contributed by atoms with Crippen LogP contribution in [0.5, 0.6) is 0 Å². The molecule has 4 nitrogen and oxygen atoms in total. The first kappa shape index (κ1) is 30.5. The van der Waals surface area contributed by atoms with Crippen LogP contribution in [0.15, 0.2) is 175 Å². The molecule has 3 heterocycles. The van der Waals surface area contributed by atoms with E-state index in [-0.39, 0.29) is 11.7 Å². The number of hydrogen-bond donors (Lipinski definition) is 1. The van der Waals surface area contributed by atoms with E-state index in [1.165, 1.54) is 65.6 Å². The number of rotatable bonds is 3. The van der Waals surface area contributed by atoms with E-state index in [0.717, 1.165) is 39.2 Å². The van der Waals surface area contributed by atoms with E-state index in [9.17, 15) is 0 Å². The van der Waals surface area contributed by atoms with Crippen LogP contribution in [0.25, 0.3) is 71.2 Å². The fourth-order valence-corrected chi connectivity index (χ4v) is 9.79. The Morgan fingerprint density at radius 3 is 1.98 bits per heavy atom. The Kier molecular flexibility index (Phi) is 6.14. The predicted molar refractivity (Wildman–Crippen MR) is 230 cm³/mol. The maximum absolute atomic E-state index is 5.66. The molecule has 1 unspecified atom stereocenters. The van der Waals surface area contributed by atoms with Crippen molar-refractivity contribution in [2.24, 2.45) is 4.99 Å². The molecular formula is C51H36N4. The van der Waals surface area contributed by atoms with Crippen LogP contribution in [0.2, 0.25) is 0 Å². The molecule has 1 aliphatic carbocycles. The Morgan fingerprint density at radius 2 is 1.16 bits per heavy atom. The molecule has 2 aromatic heterocycles. The Hall–Kier alpha value is -6.91. The van der Waals surface area contributed by atoms with Gasteiger partial charge in [-0.15, -0.1) is 0 Å². The first-order valence-corrected chi connectivity index (χ1v) is 19.2. The van der Waals surface area contributed by atoms with Crippen LogP contribution in [-0.4, -0.2) is 14.8 Å². The molecule has 1 atom stereocenters. The number of aromatic nitrogens is 2. The lowest BCUT2D eigenvalue weighted by Crippen LogP contribution is -2.25. The second kappa shape index (κ2) is 11.1. The van der Waals surface area contributed by atoms with Gasteiger partial charge in [-0.2, -0.15) is 0 Å². The van der Waals surface area contributed by atoms with Gasteiger partial charge in [0.05, 0.1) is 27.8 Å². The van der Waals surface area contributed by atoms with E-state index in [2.05, 4.69) is 198 Å². The molecule has 0 spiro atoms. The lowest BCUT2D eigenvalue weighted by Gasteiger charge is -2.28. The average Bonchev–Trinajstić information content (AvgIpc) is 3.83. The van der Waals surface area contributed by atoms with Gasteiger partial charge < -0.3 is 14.5 Å². The Balaban J connectivity index is 1.10. The van der Waals surface area contributed by atoms with Crippen molar-refractivity contribution in [2.75, 3.05) is 5.32 Å². The number of aliphatic imine (C=N–C) groups is 1. The predicted octanol–water partition coefficient (Wildman–Crippen LogP) is 12.8. The fraction of sp³-hybridized carbons (Fsp3) is 0.0784. The molecule has 260 valence electrons. The smallest absolute Gasteiger partial charge is 0.201 e. The molecule has 0 saturated carbocycles. The minimum Gasteiger partial charge on any atom is -0.346 e. The Bertz CT molecular complexity index is 3230. The maximum atomic E-state index is 5.66. The molecule has 2 aliphatic rings. The number of fused-ring (bicyclic) bond motifs is 12. The van der Waals surface area contributed by atoms with Crippen molar-refractivity contribution in [3.63, 3.8) is 0 Å². The summed E-state index contributed by atoms with van der Waals surface area (Å²) in [5.74, 6) is 0. The van der Waals surface area contributed by atoms with Gasteiger partial charge in [0.1, 0.15) is 0 Å². The standard InChI is InChI=1S/C51H36N4/c1-51(2)41-19-9-5-15-35(41)36-26-23-32(29-42(36)51)49-39-18-6-10-20-43(39)52-50(53-49)55-46-28-25-33(30-40(46)48-34-14-4-3-13-31(34)24-27-47(48)55)54-44-21-11-7-16-37(44)38-17-8-12-22-45(38)54/h3-30,50,52H,1-2H3. The molecule has 10 aromatic rings. The Morgan fingerprint density at radius 1 is 0.509 bits per heavy atom. The van der Waals surface area contributed by atoms with E-state index >= 15 is 0 Å². The van der Waals surface area contributed by atoms with E-state index in [0.29, 0.717) is 0 Å². The molecule has 0 bridgehead atoms. The highest BCUT2D eigenvalue weighted by Crippen LogP contribution is 2.49. The summed E-state index contributed by atoms with van der Waals surface area (Å²) in [4.78, 5) is 5.66. The van der Waals surface area contributed by atoms with Gasteiger partial charge in [-0.1, -0.05) is 135 Å². The number of para-hydroxylation sites is 3. The normalized spacial score (nSPS) is 15.7. The third-order valence-electron chi connectivity index (χ3n) is 12.3. The highest BCUT2D eigenvalue weighted by molar-refractivity contribution is 6.22. The van der Waals surface area contributed by atoms with Crippen LogP contribution >= 0.6 is 0 Å². The first-order chi connectivity index (χ1) is 27.0. The van der Waals surface area contributed by atoms with Crippen LogP contribution in [0.4, 0.5) is 5.69 Å². The molecule has 0 amide bonds. The van der Waals surface area contributed by atoms with Crippen molar-refractivity contribution < 1.29 is 0 Å². The zero-order chi connectivity index (χ0) is 36.4. The van der Waals surface area contributed by atoms with Gasteiger partial charge >= 0.3 is 0 Å². The van der Waals surface area contributed by atoms with Gasteiger partial charge in [-0.25, -0.2) is 4.99 Å². The summed E-state index contributed by atoms with van der Waals surface area (Å²) >= 11 is 0. The monoisotopic (exact) mass is 704 g/mol. The molecule has 0 radical (unpaired) electrons. The van der Waals surface area contributed by atoms with Gasteiger partial charge in [0.2, 0.25) is 6.29 Å². The Labute approximate surface area is 318 Å². The molecule has 1 N–H and O–H groups in total. The van der Waals surface area contributed by atoms with E-state index in [4.69, 9.17) is 4.99 Å². The van der Waals surface area contributed by atoms with Crippen molar-refractivity contribution in [3.8, 4) is 16.8 Å². The minimum absolute atomic E-state index is 0.101. The van der Waals surface area contributed by atoms with E-state index in [1.54, 1.807) is 0 Å². The SMILES string of the molecule is CC1(C)c2ccccc2-c2ccc(C3=NC(n4c5ccc(-n6c7ccccc7c7ccccc76)cc5c5c6ccccc6ccc54)Nc4ccccc43)cc21. The maximum Gasteiger partial charge on any atom is 0.201 e. The summed E-state index contributed by atoms with van der Waals surface area (Å²) in [6.45, 7) is 4.69. The van der Waals surface area contributed by atoms with Crippen LogP contribution in [0, 0.1) is 0 Å². The lowest BCUT2D eigenvalue weighted by atomic mass is 9.81. The highest BCUT2D eigenvalue weighted by Gasteiger charge is 2.36. The van der Waals surface area contributed by atoms with Crippen LogP contribution in [0.3, 0.4) is 0 Å². The summed E-state index contributed by atoms with van der Waals surface area (Å²) in [6, 6.07) is 62.2. The van der Waals surface area contributed by atoms with Gasteiger partial charge in [0.25, 0.3) is 0 Å². The lowest BCUT2D eigenvalue weighted by molar-refractivity contribution is 0.624. The molecule has 1 aliphatic heterocycles. The van der Waals surface area contributed by atoms with Gasteiger partial charge in [0, 0.05) is 49.5 Å². The summed E-state index contributed by atoms with van der Waals surface area (Å²) in [6.07, 6.45) is -0.372. The van der Waals surface area contributed by atoms with Crippen molar-refractivity contribution >= 4 is 65.8 Å². The molecule has 4 heteroatoms. The minimum atomic E-state index is -0.372. The quantitative estimate of drug-likeness (QED) is 0.195. The number of hydrogen-bond acceptors (Lipinski definition) is 2. The fourth-order valence-electron chi connectivity index (χ4n) is 9.79. The molecule has 12 rings (SSSR count). The summed E-state index contributed by atoms with van der Waals surface area (Å²) in [5.41, 5.74) is 15.5. The van der Waals surface area contributed by atoms with Crippen molar-refractivity contribution in [2.45, 2.75) is 25.6 Å². The van der Waals surface area contributed by atoms with Crippen molar-refractivity contribution in [1.82, 2.24) is 9.13 Å². The number of anilines is 1. The van der Waals surface area contributed by atoms with Crippen molar-refractivity contribution in [3.05, 3.63) is 192 Å². The topological polar surface area (TPSA) is 34.2 Å². The molecule has 8 aromatic carbocycles. The largest absolute Gasteiger partial charge is 0.346 e. The zero-order valence-electron chi connectivity index (χ0n) is 30.6. The molecular weight excluding hydrogens is 669 g/mol. The summed E-state index contributed by atoms with van der Waals surface area (Å²) in [5, 5.41) is 11.3. The summed E-state index contributed by atoms with van der Waals surface area (Å²) < 4.78 is 4.83. The van der Waals surface area contributed by atoms with Crippen LogP contribution in [0.1, 0.15) is 42.4 Å². The zero-order valence-corrected chi connectivity index (χ0v) is 30.6. The van der Waals surface area contributed by atoms with E-state index < -0.39 is 0 Å².